The fourth-order valence-corrected chi connectivity index (χ4v) is 13.8. The lowest BCUT2D eigenvalue weighted by Crippen LogP contribution is -2.11. The van der Waals surface area contributed by atoms with Crippen molar-refractivity contribution in [2.24, 2.45) is 20.5 Å². The SMILES string of the molecule is Cc1ccc(S(=O)(=O)Oc2cc(S(=O)(=O)O)cc3c(S(=O)(=O)O)c(N=Nc4cc(S(=O)(=O)O)c5cc(S(=O)(=O)O)c(N=Nc6ccc7c(OS(=O)(=O)c8ccc(C)cc8)cc(S(=O)(=O)O)cc7c6S(=O)(=O)O)c(O)c5c4N)ccc23)cc1. The van der Waals surface area contributed by atoms with E-state index in [1.54, 1.807) is 13.8 Å². The number of fused-ring (bicyclic) bond motifs is 3. The van der Waals surface area contributed by atoms with Crippen molar-refractivity contribution in [2.45, 2.75) is 53.0 Å². The third-order valence-electron chi connectivity index (χ3n) is 11.5. The maximum absolute atomic E-state index is 13.3. The Balaban J connectivity index is 1.34. The lowest BCUT2D eigenvalue weighted by molar-refractivity contribution is 0.471. The number of rotatable bonds is 16. The van der Waals surface area contributed by atoms with Crippen LogP contribution in [0.2, 0.25) is 0 Å². The van der Waals surface area contributed by atoms with E-state index < -0.39 is 198 Å². The lowest BCUT2D eigenvalue weighted by Gasteiger charge is -2.15. The second kappa shape index (κ2) is 20.6. The normalized spacial score (nSPS) is 13.4. The van der Waals surface area contributed by atoms with Gasteiger partial charge in [-0.2, -0.15) is 67.3 Å². The molecule has 0 aliphatic carbocycles. The maximum atomic E-state index is 13.3. The Morgan fingerprint density at radius 3 is 1.12 bits per heavy atom. The van der Waals surface area contributed by atoms with E-state index in [-0.39, 0.29) is 6.07 Å². The molecule has 0 aliphatic heterocycles. The van der Waals surface area contributed by atoms with Gasteiger partial charge in [-0.1, -0.05) is 35.4 Å². The summed E-state index contributed by atoms with van der Waals surface area (Å²) < 4.78 is 279. The first-order valence-corrected chi connectivity index (χ1v) is 33.1. The van der Waals surface area contributed by atoms with Gasteiger partial charge in [0.1, 0.15) is 52.1 Å². The summed E-state index contributed by atoms with van der Waals surface area (Å²) in [5.74, 6) is -3.52. The highest BCUT2D eigenvalue weighted by molar-refractivity contribution is 7.88. The number of azo groups is 2. The zero-order chi connectivity index (χ0) is 60.8. The van der Waals surface area contributed by atoms with Gasteiger partial charge in [0.15, 0.2) is 17.2 Å². The molecule has 0 unspecified atom stereocenters. The average Bonchev–Trinajstić information content (AvgIpc) is 3.50. The van der Waals surface area contributed by atoms with Crippen molar-refractivity contribution in [3.05, 3.63) is 120 Å². The van der Waals surface area contributed by atoms with Crippen LogP contribution >= 0.6 is 0 Å². The summed E-state index contributed by atoms with van der Waals surface area (Å²) in [5, 5.41) is 20.9. The van der Waals surface area contributed by atoms with Crippen LogP contribution in [0.25, 0.3) is 32.3 Å². The van der Waals surface area contributed by atoms with E-state index in [1.807, 2.05) is 0 Å². The number of nitrogen functional groups attached to an aromatic ring is 1. The van der Waals surface area contributed by atoms with Crippen molar-refractivity contribution in [3.8, 4) is 17.2 Å². The molecule has 8 aromatic rings. The molecule has 0 aromatic heterocycles. The van der Waals surface area contributed by atoms with Crippen LogP contribution in [0.5, 0.6) is 17.2 Å². The van der Waals surface area contributed by atoms with Crippen LogP contribution in [-0.4, -0.2) is 99.8 Å². The second-order valence-corrected chi connectivity index (χ2v) is 28.5. The largest absolute Gasteiger partial charge is 0.505 e. The van der Waals surface area contributed by atoms with Gasteiger partial charge in [-0.15, -0.1) is 20.5 Å². The molecule has 82 heavy (non-hydrogen) atoms. The molecule has 0 radical (unpaired) electrons. The second-order valence-electron chi connectivity index (χ2n) is 17.1. The van der Waals surface area contributed by atoms with Crippen molar-refractivity contribution < 1.29 is 108 Å². The molecule has 432 valence electrons. The van der Waals surface area contributed by atoms with Crippen molar-refractivity contribution in [1.82, 2.24) is 0 Å². The Hall–Kier alpha value is -7.70. The quantitative estimate of drug-likeness (QED) is 0.0211. The van der Waals surface area contributed by atoms with Crippen molar-refractivity contribution in [1.29, 1.82) is 0 Å². The van der Waals surface area contributed by atoms with Gasteiger partial charge in [-0.3, -0.25) is 27.3 Å². The van der Waals surface area contributed by atoms with E-state index in [2.05, 4.69) is 20.5 Å². The highest BCUT2D eigenvalue weighted by Crippen LogP contribution is 2.50. The summed E-state index contributed by atoms with van der Waals surface area (Å²) in [4.78, 5) is -9.29. The van der Waals surface area contributed by atoms with Crippen LogP contribution in [0.3, 0.4) is 0 Å². The number of hydrogen-bond donors (Lipinski definition) is 8. The van der Waals surface area contributed by atoms with Crippen LogP contribution in [0.1, 0.15) is 11.1 Å². The minimum atomic E-state index is -5.79. The van der Waals surface area contributed by atoms with E-state index >= 15 is 0 Å². The molecule has 0 heterocycles. The summed E-state index contributed by atoms with van der Waals surface area (Å²) >= 11 is 0. The van der Waals surface area contributed by atoms with Crippen LogP contribution < -0.4 is 14.1 Å². The van der Waals surface area contributed by atoms with Crippen LogP contribution in [-0.2, 0) is 80.9 Å². The van der Waals surface area contributed by atoms with Gasteiger partial charge in [-0.05, 0) is 86.6 Å². The molecular weight excluding hydrogens is 1260 g/mol. The summed E-state index contributed by atoms with van der Waals surface area (Å²) in [6.45, 7) is 3.23. The highest BCUT2D eigenvalue weighted by atomic mass is 32.2. The summed E-state index contributed by atoms with van der Waals surface area (Å²) in [5.41, 5.74) is 1.88. The van der Waals surface area contributed by atoms with Gasteiger partial charge in [0.25, 0.3) is 60.7 Å². The summed E-state index contributed by atoms with van der Waals surface area (Å²) in [6, 6.07) is 15.2. The molecule has 0 aliphatic rings. The Bertz CT molecular complexity index is 5140. The standard InChI is InChI=1S/C44H33N5O25S8/c1-21-3-7-23(8-4-21)81(69,70)73-35-17-25(75(51,52)53)15-29-27(35)11-13-32(43(29)79(63,64)65)46-48-34-20-37(77(57,58)59)31-19-38(78(60,61)62)41(42(50)39(31)40(34)45)49-47-33-14-12-28-30(44(33)80(66,67)68)16-26(76(54,55)56)18-36(28)74-82(71,72)24-9-5-22(2)6-10-24/h3-20,50H,45H2,1-2H3,(H,51,52,53)(H,54,55,56)(H,57,58,59)(H,60,61,62)(H,63,64,65)(H,66,67,68). The predicted octanol–water partition coefficient (Wildman–Crippen LogP) is 6.90. The fraction of sp³-hybridized carbons (Fsp3) is 0.0455. The molecular formula is C44H33N5O25S8. The number of aryl methyl sites for hydroxylation is 2. The Morgan fingerprint density at radius 1 is 0.378 bits per heavy atom. The average molecular weight is 1290 g/mol. The van der Waals surface area contributed by atoms with Crippen molar-refractivity contribution >= 4 is 142 Å². The molecule has 0 atom stereocenters. The molecule has 0 saturated heterocycles. The third kappa shape index (κ3) is 12.1. The van der Waals surface area contributed by atoms with E-state index in [1.165, 1.54) is 24.3 Å². The number of benzene rings is 8. The Kier molecular flexibility index (Phi) is 15.2. The number of phenols is 1. The first-order valence-electron chi connectivity index (χ1n) is 21.6. The number of nitrogens with two attached hydrogens (primary N) is 1. The van der Waals surface area contributed by atoms with Gasteiger partial charge in [0.2, 0.25) is 0 Å². The number of nitrogens with zero attached hydrogens (tertiary/aromatic N) is 4. The lowest BCUT2D eigenvalue weighted by atomic mass is 10.0. The highest BCUT2D eigenvalue weighted by Gasteiger charge is 2.32. The topological polar surface area (TPSA) is 509 Å². The number of aromatic hydroxyl groups is 1. The first kappa shape index (κ1) is 60.4. The number of anilines is 1. The smallest absolute Gasteiger partial charge is 0.339 e. The number of hydrogen-bond acceptors (Lipinski definition) is 24. The van der Waals surface area contributed by atoms with Crippen LogP contribution in [0, 0.1) is 13.8 Å². The molecule has 0 fully saturated rings. The zero-order valence-corrected chi connectivity index (χ0v) is 47.0. The van der Waals surface area contributed by atoms with Crippen molar-refractivity contribution in [3.63, 3.8) is 0 Å². The van der Waals surface area contributed by atoms with Gasteiger partial charge >= 0.3 is 20.2 Å². The molecule has 8 aromatic carbocycles. The van der Waals surface area contributed by atoms with Gasteiger partial charge in [0, 0.05) is 39.1 Å². The molecule has 0 saturated carbocycles. The van der Waals surface area contributed by atoms with E-state index in [0.717, 1.165) is 36.4 Å². The maximum Gasteiger partial charge on any atom is 0.339 e. The van der Waals surface area contributed by atoms with E-state index in [4.69, 9.17) is 14.1 Å². The van der Waals surface area contributed by atoms with Gasteiger partial charge in [0.05, 0.1) is 20.9 Å². The van der Waals surface area contributed by atoms with Gasteiger partial charge in [-0.25, -0.2) is 0 Å². The molecule has 0 bridgehead atoms. The Morgan fingerprint density at radius 2 is 0.756 bits per heavy atom. The van der Waals surface area contributed by atoms with Crippen LogP contribution in [0.4, 0.5) is 28.4 Å². The predicted molar refractivity (Wildman–Crippen MR) is 283 cm³/mol. The van der Waals surface area contributed by atoms with E-state index in [0.29, 0.717) is 53.6 Å². The third-order valence-corrected chi connectivity index (χ3v) is 19.3. The molecule has 38 heteroatoms. The minimum Gasteiger partial charge on any atom is -0.505 e. The fourth-order valence-electron chi connectivity index (χ4n) is 7.86. The minimum absolute atomic E-state index is 0.227. The number of phenolic OH excluding ortho intramolecular Hbond substituents is 1. The molecule has 8 rings (SSSR count). The molecule has 0 spiro atoms. The van der Waals surface area contributed by atoms with Crippen molar-refractivity contribution in [2.75, 3.05) is 5.73 Å². The summed E-state index contributed by atoms with van der Waals surface area (Å²) in [7, 11) is -43.5. The Labute approximate surface area is 463 Å². The van der Waals surface area contributed by atoms with Crippen LogP contribution in [0.15, 0.2) is 169 Å². The first-order chi connectivity index (χ1) is 37.6. The van der Waals surface area contributed by atoms with E-state index in [9.17, 15) is 99.8 Å². The summed E-state index contributed by atoms with van der Waals surface area (Å²) in [6.07, 6.45) is 0. The van der Waals surface area contributed by atoms with Gasteiger partial charge < -0.3 is 19.2 Å². The zero-order valence-electron chi connectivity index (χ0n) is 40.5. The molecule has 0 amide bonds. The molecule has 30 nitrogen and oxygen atoms in total. The monoisotopic (exact) mass is 1290 g/mol. The molecule has 9 N–H and O–H groups in total.